The van der Waals surface area contributed by atoms with Crippen molar-refractivity contribution in [3.8, 4) is 0 Å². The van der Waals surface area contributed by atoms with Crippen LogP contribution < -0.4 is 5.32 Å². The summed E-state index contributed by atoms with van der Waals surface area (Å²) in [7, 11) is 1.77. The average molecular weight is 221 g/mol. The molecule has 0 radical (unpaired) electrons. The lowest BCUT2D eigenvalue weighted by atomic mass is 10.2. The Morgan fingerprint density at radius 2 is 2.50 bits per heavy atom. The molecule has 1 unspecified atom stereocenters. The third-order valence-electron chi connectivity index (χ3n) is 2.77. The maximum absolute atomic E-state index is 12.1. The maximum atomic E-state index is 12.1. The number of carbonyl (C=O) groups excluding carboxylic acids is 1. The van der Waals surface area contributed by atoms with Gasteiger partial charge in [0, 0.05) is 38.2 Å². The number of hydrogen-bond donors (Lipinski definition) is 2. The van der Waals surface area contributed by atoms with E-state index in [1.165, 1.54) is 0 Å². The second-order valence-electron chi connectivity index (χ2n) is 3.86. The van der Waals surface area contributed by atoms with Gasteiger partial charge in [-0.15, -0.1) is 0 Å². The zero-order chi connectivity index (χ0) is 11.5. The molecule has 1 amide bonds. The van der Waals surface area contributed by atoms with Crippen LogP contribution in [-0.2, 0) is 0 Å². The summed E-state index contributed by atoms with van der Waals surface area (Å²) in [5.74, 6) is -0.0750. The van der Waals surface area contributed by atoms with Gasteiger partial charge in [-0.25, -0.2) is 0 Å². The molecule has 1 fully saturated rings. The number of pyridine rings is 1. The molecule has 1 aliphatic heterocycles. The monoisotopic (exact) mass is 221 g/mol. The average Bonchev–Trinajstić information content (AvgIpc) is 2.75. The van der Waals surface area contributed by atoms with Crippen molar-refractivity contribution in [2.45, 2.75) is 12.5 Å². The van der Waals surface area contributed by atoms with Crippen LogP contribution in [0.1, 0.15) is 16.8 Å². The van der Waals surface area contributed by atoms with Crippen LogP contribution >= 0.6 is 0 Å². The minimum Gasteiger partial charge on any atom is -0.391 e. The number of aliphatic hydroxyl groups is 1. The van der Waals surface area contributed by atoms with Crippen LogP contribution in [-0.4, -0.2) is 47.1 Å². The minimum atomic E-state index is -0.390. The topological polar surface area (TPSA) is 65.5 Å². The normalized spacial score (nSPS) is 19.9. The van der Waals surface area contributed by atoms with Gasteiger partial charge in [-0.2, -0.15) is 0 Å². The first-order chi connectivity index (χ1) is 7.72. The number of nitrogens with zero attached hydrogens (tertiary/aromatic N) is 2. The number of rotatable bonds is 2. The fourth-order valence-corrected chi connectivity index (χ4v) is 1.88. The van der Waals surface area contributed by atoms with Crippen molar-refractivity contribution in [2.75, 3.05) is 25.5 Å². The Kier molecular flexibility index (Phi) is 3.05. The smallest absolute Gasteiger partial charge is 0.257 e. The second kappa shape index (κ2) is 4.49. The molecule has 16 heavy (non-hydrogen) atoms. The first kappa shape index (κ1) is 10.9. The summed E-state index contributed by atoms with van der Waals surface area (Å²) in [6, 6.07) is 1.76. The van der Waals surface area contributed by atoms with Crippen molar-refractivity contribution in [3.63, 3.8) is 0 Å². The molecule has 0 aliphatic carbocycles. The summed E-state index contributed by atoms with van der Waals surface area (Å²) < 4.78 is 0. The van der Waals surface area contributed by atoms with Crippen LogP contribution in [0.15, 0.2) is 18.5 Å². The summed E-state index contributed by atoms with van der Waals surface area (Å²) in [6.45, 7) is 1.02. The number of nitrogens with one attached hydrogen (secondary N) is 1. The van der Waals surface area contributed by atoms with Crippen molar-refractivity contribution in [2.24, 2.45) is 0 Å². The predicted molar refractivity (Wildman–Crippen MR) is 60.3 cm³/mol. The number of carbonyl (C=O) groups is 1. The molecule has 1 aromatic rings. The number of β-amino-alcohol motifs (C(OH)–C–C–N with tert-alkyl or cyclic N) is 1. The molecule has 0 bridgehead atoms. The lowest BCUT2D eigenvalue weighted by molar-refractivity contribution is 0.0765. The first-order valence-electron chi connectivity index (χ1n) is 5.31. The molecular formula is C11H15N3O2. The van der Waals surface area contributed by atoms with Gasteiger partial charge >= 0.3 is 0 Å². The van der Waals surface area contributed by atoms with E-state index in [0.717, 1.165) is 5.69 Å². The van der Waals surface area contributed by atoms with Crippen LogP contribution in [0.25, 0.3) is 0 Å². The van der Waals surface area contributed by atoms with Crippen LogP contribution in [0.3, 0.4) is 0 Å². The Hall–Kier alpha value is -1.62. The SMILES string of the molecule is CNc1ccncc1C(=O)N1CCC(O)C1. The summed E-state index contributed by atoms with van der Waals surface area (Å²) in [5, 5.41) is 12.4. The van der Waals surface area contributed by atoms with Gasteiger partial charge in [-0.3, -0.25) is 9.78 Å². The fraction of sp³-hybridized carbons (Fsp3) is 0.455. The van der Waals surface area contributed by atoms with Crippen LogP contribution in [0.5, 0.6) is 0 Å². The number of aliphatic hydroxyl groups excluding tert-OH is 1. The van der Waals surface area contributed by atoms with Gasteiger partial charge in [0.2, 0.25) is 0 Å². The van der Waals surface area contributed by atoms with Gasteiger partial charge in [-0.1, -0.05) is 0 Å². The molecule has 0 spiro atoms. The van der Waals surface area contributed by atoms with Crippen molar-refractivity contribution in [3.05, 3.63) is 24.0 Å². The van der Waals surface area contributed by atoms with Crippen molar-refractivity contribution in [1.29, 1.82) is 0 Å². The zero-order valence-corrected chi connectivity index (χ0v) is 9.18. The highest BCUT2D eigenvalue weighted by molar-refractivity contribution is 5.99. The quantitative estimate of drug-likeness (QED) is 0.755. The zero-order valence-electron chi connectivity index (χ0n) is 9.18. The van der Waals surface area contributed by atoms with Crippen LogP contribution in [0.2, 0.25) is 0 Å². The lowest BCUT2D eigenvalue weighted by Crippen LogP contribution is -2.30. The molecule has 1 aliphatic rings. The van der Waals surface area contributed by atoms with E-state index in [0.29, 0.717) is 25.1 Å². The second-order valence-corrected chi connectivity index (χ2v) is 3.86. The number of amides is 1. The first-order valence-corrected chi connectivity index (χ1v) is 5.31. The van der Waals surface area contributed by atoms with Gasteiger partial charge in [-0.05, 0) is 12.5 Å². The van der Waals surface area contributed by atoms with E-state index < -0.39 is 6.10 Å². The van der Waals surface area contributed by atoms with Gasteiger partial charge in [0.25, 0.3) is 5.91 Å². The van der Waals surface area contributed by atoms with Crippen LogP contribution in [0.4, 0.5) is 5.69 Å². The summed E-state index contributed by atoms with van der Waals surface area (Å²) >= 11 is 0. The summed E-state index contributed by atoms with van der Waals surface area (Å²) in [4.78, 5) is 17.7. The summed E-state index contributed by atoms with van der Waals surface area (Å²) in [5.41, 5.74) is 1.32. The predicted octanol–water partition coefficient (Wildman–Crippen LogP) is 0.330. The van der Waals surface area contributed by atoms with Crippen molar-refractivity contribution < 1.29 is 9.90 Å². The maximum Gasteiger partial charge on any atom is 0.257 e. The van der Waals surface area contributed by atoms with Crippen LogP contribution in [0, 0.1) is 0 Å². The van der Waals surface area contributed by atoms with E-state index in [4.69, 9.17) is 0 Å². The lowest BCUT2D eigenvalue weighted by Gasteiger charge is -2.17. The molecular weight excluding hydrogens is 206 g/mol. The van der Waals surface area contributed by atoms with E-state index in [9.17, 15) is 9.90 Å². The molecule has 2 heterocycles. The molecule has 1 saturated heterocycles. The van der Waals surface area contributed by atoms with Crippen molar-refractivity contribution in [1.82, 2.24) is 9.88 Å². The number of anilines is 1. The highest BCUT2D eigenvalue weighted by atomic mass is 16.3. The number of hydrogen-bond acceptors (Lipinski definition) is 4. The molecule has 2 rings (SSSR count). The Bertz CT molecular complexity index is 395. The van der Waals surface area contributed by atoms with Crippen molar-refractivity contribution >= 4 is 11.6 Å². The van der Waals surface area contributed by atoms with Gasteiger partial charge in [0.05, 0.1) is 11.7 Å². The molecule has 1 atom stereocenters. The molecule has 2 N–H and O–H groups in total. The van der Waals surface area contributed by atoms with E-state index in [-0.39, 0.29) is 5.91 Å². The third kappa shape index (κ3) is 1.99. The van der Waals surface area contributed by atoms with E-state index >= 15 is 0 Å². The van der Waals surface area contributed by atoms with E-state index in [1.807, 2.05) is 0 Å². The summed E-state index contributed by atoms with van der Waals surface area (Å²) in [6.07, 6.45) is 3.46. The fourth-order valence-electron chi connectivity index (χ4n) is 1.88. The van der Waals surface area contributed by atoms with E-state index in [2.05, 4.69) is 10.3 Å². The number of aromatic nitrogens is 1. The Balaban J connectivity index is 2.20. The van der Waals surface area contributed by atoms with Gasteiger partial charge < -0.3 is 15.3 Å². The molecule has 1 aromatic heterocycles. The van der Waals surface area contributed by atoms with E-state index in [1.54, 1.807) is 30.4 Å². The molecule has 86 valence electrons. The molecule has 5 heteroatoms. The highest BCUT2D eigenvalue weighted by Gasteiger charge is 2.26. The molecule has 5 nitrogen and oxygen atoms in total. The third-order valence-corrected chi connectivity index (χ3v) is 2.77. The largest absolute Gasteiger partial charge is 0.391 e. The standard InChI is InChI=1S/C11H15N3O2/c1-12-10-2-4-13-6-9(10)11(16)14-5-3-8(15)7-14/h2,4,6,8,15H,3,5,7H2,1H3,(H,12,13). The highest BCUT2D eigenvalue weighted by Crippen LogP contribution is 2.18. The Labute approximate surface area is 94.1 Å². The molecule has 0 aromatic carbocycles. The van der Waals surface area contributed by atoms with Gasteiger partial charge in [0.1, 0.15) is 0 Å². The number of likely N-dealkylation sites (tertiary alicyclic amines) is 1. The molecule has 0 saturated carbocycles. The minimum absolute atomic E-state index is 0.0750. The van der Waals surface area contributed by atoms with Gasteiger partial charge in [0.15, 0.2) is 0 Å². The Morgan fingerprint density at radius 1 is 1.69 bits per heavy atom. The Morgan fingerprint density at radius 3 is 3.12 bits per heavy atom.